The molecule has 0 saturated carbocycles. The molecule has 4 atom stereocenters. The molecule has 200 valence electrons. The molecule has 6 rings (SSSR count). The summed E-state index contributed by atoms with van der Waals surface area (Å²) in [5.41, 5.74) is 0.565. The lowest BCUT2D eigenvalue weighted by Gasteiger charge is -2.45. The smallest absolute Gasteiger partial charge is 0.339 e. The van der Waals surface area contributed by atoms with E-state index in [1.54, 1.807) is 0 Å². The van der Waals surface area contributed by atoms with E-state index in [2.05, 4.69) is 29.2 Å². The molecule has 1 spiro atoms. The molecule has 0 radical (unpaired) electrons. The second kappa shape index (κ2) is 9.02. The number of fused-ring (bicyclic) bond motifs is 3. The van der Waals surface area contributed by atoms with Gasteiger partial charge >= 0.3 is 11.9 Å². The number of rotatable bonds is 5. The number of carbonyl (C=O) groups excluding carboxylic acids is 2. The van der Waals surface area contributed by atoms with E-state index in [4.69, 9.17) is 23.7 Å². The maximum atomic E-state index is 14.0. The van der Waals surface area contributed by atoms with Gasteiger partial charge in [-0.1, -0.05) is 6.08 Å². The highest BCUT2D eigenvalue weighted by molar-refractivity contribution is 5.81. The van der Waals surface area contributed by atoms with Gasteiger partial charge in [-0.25, -0.2) is 4.79 Å². The molecule has 0 aromatic heterocycles. The SMILES string of the molecule is COC(=O)CCC1(C(=O)OC2C=C[C@]34CCCN3CCc3cc5c(cc3[C@H]24)OCO5)CCCC(C)(C)O1. The van der Waals surface area contributed by atoms with Gasteiger partial charge in [-0.3, -0.25) is 9.69 Å². The molecule has 0 bridgehead atoms. The average Bonchev–Trinajstić information content (AvgIpc) is 3.57. The molecule has 1 aromatic rings. The lowest BCUT2D eigenvalue weighted by atomic mass is 9.77. The highest BCUT2D eigenvalue weighted by atomic mass is 16.7. The Morgan fingerprint density at radius 3 is 2.68 bits per heavy atom. The van der Waals surface area contributed by atoms with Gasteiger partial charge in [0.25, 0.3) is 0 Å². The minimum atomic E-state index is -1.17. The van der Waals surface area contributed by atoms with Gasteiger partial charge in [-0.15, -0.1) is 0 Å². The Labute approximate surface area is 218 Å². The first-order chi connectivity index (χ1) is 17.8. The first-order valence-corrected chi connectivity index (χ1v) is 13.6. The number of nitrogens with zero attached hydrogens (tertiary/aromatic N) is 1. The zero-order valence-corrected chi connectivity index (χ0v) is 22.0. The van der Waals surface area contributed by atoms with E-state index >= 15 is 0 Å². The highest BCUT2D eigenvalue weighted by Crippen LogP contribution is 2.54. The summed E-state index contributed by atoms with van der Waals surface area (Å²) in [5, 5.41) is 0. The van der Waals surface area contributed by atoms with Crippen LogP contribution in [-0.2, 0) is 30.2 Å². The summed E-state index contributed by atoms with van der Waals surface area (Å²) in [6, 6.07) is 4.21. The number of ether oxygens (including phenoxy) is 5. The van der Waals surface area contributed by atoms with Gasteiger partial charge in [0.15, 0.2) is 17.1 Å². The Morgan fingerprint density at radius 2 is 1.89 bits per heavy atom. The molecule has 37 heavy (non-hydrogen) atoms. The van der Waals surface area contributed by atoms with Crippen LogP contribution in [-0.4, -0.2) is 66.7 Å². The van der Waals surface area contributed by atoms with Gasteiger partial charge < -0.3 is 23.7 Å². The molecule has 5 aliphatic rings. The maximum absolute atomic E-state index is 14.0. The normalized spacial score (nSPS) is 33.3. The van der Waals surface area contributed by atoms with Crippen molar-refractivity contribution in [1.29, 1.82) is 0 Å². The van der Waals surface area contributed by atoms with Gasteiger partial charge in [0.1, 0.15) is 6.10 Å². The standard InChI is InChI=1S/C29H37NO7/c1-27(2)9-4-11-29(37-27,13-7-24(31)33-3)26(32)36-21-6-12-28-10-5-14-30(28)15-8-19-16-22-23(35-18-34-22)17-20(19)25(21)28/h6,12,16-17,21,25H,4-5,7-11,13-15,18H2,1-3H3/t21?,25-,28+,29?/m1/s1. The molecule has 1 aliphatic carbocycles. The minimum Gasteiger partial charge on any atom is -0.469 e. The summed E-state index contributed by atoms with van der Waals surface area (Å²) >= 11 is 0. The summed E-state index contributed by atoms with van der Waals surface area (Å²) in [6.45, 7) is 6.21. The van der Waals surface area contributed by atoms with E-state index in [1.807, 2.05) is 13.8 Å². The van der Waals surface area contributed by atoms with Crippen LogP contribution in [0.15, 0.2) is 24.3 Å². The number of hydrogen-bond acceptors (Lipinski definition) is 8. The van der Waals surface area contributed by atoms with Crippen molar-refractivity contribution in [3.05, 3.63) is 35.4 Å². The molecule has 1 aromatic carbocycles. The quantitative estimate of drug-likeness (QED) is 0.433. The van der Waals surface area contributed by atoms with Gasteiger partial charge in [-0.2, -0.15) is 0 Å². The zero-order chi connectivity index (χ0) is 25.8. The van der Waals surface area contributed by atoms with Crippen LogP contribution in [0.5, 0.6) is 11.5 Å². The van der Waals surface area contributed by atoms with Crippen molar-refractivity contribution in [1.82, 2.24) is 4.90 Å². The summed E-state index contributed by atoms with van der Waals surface area (Å²) in [5.74, 6) is 0.764. The molecule has 0 amide bonds. The molecule has 4 aliphatic heterocycles. The lowest BCUT2D eigenvalue weighted by molar-refractivity contribution is -0.213. The largest absolute Gasteiger partial charge is 0.469 e. The Hall–Kier alpha value is -2.58. The van der Waals surface area contributed by atoms with Crippen molar-refractivity contribution in [2.45, 2.75) is 94.0 Å². The van der Waals surface area contributed by atoms with Gasteiger partial charge in [0, 0.05) is 18.9 Å². The number of hydrogen-bond donors (Lipinski definition) is 0. The van der Waals surface area contributed by atoms with Gasteiger partial charge in [-0.05, 0) is 94.7 Å². The molecular formula is C29H37NO7. The molecule has 8 heteroatoms. The summed E-state index contributed by atoms with van der Waals surface area (Å²) < 4.78 is 29.2. The van der Waals surface area contributed by atoms with Crippen molar-refractivity contribution >= 4 is 11.9 Å². The molecule has 2 unspecified atom stereocenters. The van der Waals surface area contributed by atoms with Crippen LogP contribution >= 0.6 is 0 Å². The van der Waals surface area contributed by atoms with Crippen LogP contribution in [0, 0.1) is 0 Å². The fourth-order valence-electron chi connectivity index (χ4n) is 7.35. The Balaban J connectivity index is 1.34. The van der Waals surface area contributed by atoms with E-state index in [0.29, 0.717) is 6.42 Å². The minimum absolute atomic E-state index is 0.0415. The van der Waals surface area contributed by atoms with Crippen LogP contribution in [0.25, 0.3) is 0 Å². The van der Waals surface area contributed by atoms with Crippen molar-refractivity contribution in [2.75, 3.05) is 27.0 Å². The van der Waals surface area contributed by atoms with Crippen LogP contribution in [0.4, 0.5) is 0 Å². The van der Waals surface area contributed by atoms with Gasteiger partial charge in [0.05, 0.1) is 18.2 Å². The molecule has 4 heterocycles. The summed E-state index contributed by atoms with van der Waals surface area (Å²) in [7, 11) is 1.37. The lowest BCUT2D eigenvalue weighted by Crippen LogP contribution is -2.53. The number of benzene rings is 1. The number of methoxy groups -OCH3 is 1. The van der Waals surface area contributed by atoms with Crippen molar-refractivity contribution < 1.29 is 33.3 Å². The zero-order valence-electron chi connectivity index (χ0n) is 22.0. The summed E-state index contributed by atoms with van der Waals surface area (Å²) in [6.07, 6.45) is 9.52. The molecule has 8 nitrogen and oxygen atoms in total. The third-order valence-corrected chi connectivity index (χ3v) is 9.06. The van der Waals surface area contributed by atoms with Gasteiger partial charge in [0.2, 0.25) is 6.79 Å². The Bertz CT molecular complexity index is 1130. The Morgan fingerprint density at radius 1 is 1.08 bits per heavy atom. The summed E-state index contributed by atoms with van der Waals surface area (Å²) in [4.78, 5) is 28.6. The van der Waals surface area contributed by atoms with Crippen LogP contribution < -0.4 is 9.47 Å². The van der Waals surface area contributed by atoms with Crippen molar-refractivity contribution in [3.8, 4) is 11.5 Å². The number of carbonyl (C=O) groups is 2. The third-order valence-electron chi connectivity index (χ3n) is 9.06. The van der Waals surface area contributed by atoms with E-state index in [0.717, 1.165) is 56.7 Å². The second-order valence-corrected chi connectivity index (χ2v) is 11.7. The fraction of sp³-hybridized carbons (Fsp3) is 0.655. The predicted molar refractivity (Wildman–Crippen MR) is 135 cm³/mol. The first-order valence-electron chi connectivity index (χ1n) is 13.6. The van der Waals surface area contributed by atoms with E-state index in [9.17, 15) is 9.59 Å². The number of esters is 2. The van der Waals surface area contributed by atoms with E-state index in [1.165, 1.54) is 18.2 Å². The van der Waals surface area contributed by atoms with Crippen LogP contribution in [0.3, 0.4) is 0 Å². The van der Waals surface area contributed by atoms with E-state index < -0.39 is 17.3 Å². The van der Waals surface area contributed by atoms with Crippen LogP contribution in [0.2, 0.25) is 0 Å². The maximum Gasteiger partial charge on any atom is 0.339 e. The molecule has 2 fully saturated rings. The fourth-order valence-corrected chi connectivity index (χ4v) is 7.35. The van der Waals surface area contributed by atoms with Crippen molar-refractivity contribution in [2.24, 2.45) is 0 Å². The molecule has 2 saturated heterocycles. The molecular weight excluding hydrogens is 474 g/mol. The average molecular weight is 512 g/mol. The third kappa shape index (κ3) is 4.13. The van der Waals surface area contributed by atoms with E-state index in [-0.39, 0.29) is 43.0 Å². The Kier molecular flexibility index (Phi) is 6.03. The topological polar surface area (TPSA) is 83.5 Å². The van der Waals surface area contributed by atoms with Crippen molar-refractivity contribution in [3.63, 3.8) is 0 Å². The highest BCUT2D eigenvalue weighted by Gasteiger charge is 2.56. The first kappa shape index (κ1) is 24.7. The predicted octanol–water partition coefficient (Wildman–Crippen LogP) is 4.04. The monoisotopic (exact) mass is 511 g/mol. The second-order valence-electron chi connectivity index (χ2n) is 11.7. The molecule has 0 N–H and O–H groups in total. The van der Waals surface area contributed by atoms with Crippen LogP contribution in [0.1, 0.15) is 75.8 Å².